The third kappa shape index (κ3) is 2.69. The van der Waals surface area contributed by atoms with Crippen LogP contribution < -0.4 is 0 Å². The minimum absolute atomic E-state index is 0.00271. The molecule has 0 amide bonds. The van der Waals surface area contributed by atoms with Crippen LogP contribution in [-0.2, 0) is 12.7 Å². The first-order valence-electron chi connectivity index (χ1n) is 5.59. The zero-order valence-electron chi connectivity index (χ0n) is 10.7. The first kappa shape index (κ1) is 14.1. The molecule has 0 atom stereocenters. The van der Waals surface area contributed by atoms with Crippen LogP contribution in [0.25, 0.3) is 5.65 Å². The highest BCUT2D eigenvalue weighted by molar-refractivity contribution is 6.33. The molecule has 3 nitrogen and oxygen atoms in total. The van der Waals surface area contributed by atoms with Gasteiger partial charge in [-0.15, -0.1) is 0 Å². The molecule has 0 fully saturated rings. The van der Waals surface area contributed by atoms with Gasteiger partial charge in [-0.25, -0.2) is 4.98 Å². The summed E-state index contributed by atoms with van der Waals surface area (Å²) in [7, 11) is 3.68. The fourth-order valence-corrected chi connectivity index (χ4v) is 2.16. The third-order valence-corrected chi connectivity index (χ3v) is 3.05. The number of rotatable bonds is 2. The van der Waals surface area contributed by atoms with Crippen molar-refractivity contribution in [1.82, 2.24) is 14.3 Å². The highest BCUT2D eigenvalue weighted by atomic mass is 35.5. The maximum atomic E-state index is 12.8. The Kier molecular flexibility index (Phi) is 3.49. The number of aromatic nitrogens is 2. The molecule has 0 aliphatic rings. The van der Waals surface area contributed by atoms with Crippen molar-refractivity contribution < 1.29 is 13.2 Å². The molecule has 2 heterocycles. The van der Waals surface area contributed by atoms with Crippen LogP contribution in [0.3, 0.4) is 0 Å². The average Bonchev–Trinajstić information content (AvgIpc) is 2.55. The van der Waals surface area contributed by atoms with E-state index in [1.54, 1.807) is 6.92 Å². The molecular weight excluding hydrogens is 279 g/mol. The number of hydrogen-bond acceptors (Lipinski definition) is 2. The molecule has 0 saturated carbocycles. The maximum absolute atomic E-state index is 12.8. The number of hydrogen-bond donors (Lipinski definition) is 0. The molecule has 0 unspecified atom stereocenters. The number of alkyl halides is 3. The molecule has 0 aromatic carbocycles. The summed E-state index contributed by atoms with van der Waals surface area (Å²) in [6, 6.07) is 0.906. The Morgan fingerprint density at radius 1 is 1.37 bits per heavy atom. The van der Waals surface area contributed by atoms with Gasteiger partial charge in [-0.1, -0.05) is 11.6 Å². The van der Waals surface area contributed by atoms with Crippen molar-refractivity contribution in [3.8, 4) is 0 Å². The van der Waals surface area contributed by atoms with Crippen molar-refractivity contribution in [1.29, 1.82) is 0 Å². The van der Waals surface area contributed by atoms with Crippen LogP contribution in [0.2, 0.25) is 5.02 Å². The van der Waals surface area contributed by atoms with Crippen molar-refractivity contribution in [2.45, 2.75) is 19.6 Å². The lowest BCUT2D eigenvalue weighted by Gasteiger charge is -2.12. The summed E-state index contributed by atoms with van der Waals surface area (Å²) >= 11 is 5.89. The molecule has 0 radical (unpaired) electrons. The highest BCUT2D eigenvalue weighted by Crippen LogP contribution is 2.33. The summed E-state index contributed by atoms with van der Waals surface area (Å²) < 4.78 is 39.8. The van der Waals surface area contributed by atoms with Crippen molar-refractivity contribution in [2.24, 2.45) is 0 Å². The van der Waals surface area contributed by atoms with Crippen molar-refractivity contribution >= 4 is 17.2 Å². The molecule has 0 aliphatic heterocycles. The first-order chi connectivity index (χ1) is 8.70. The number of halogens is 4. The SMILES string of the molecule is Cc1nc2c(Cl)cc(C(F)(F)F)cn2c1CN(C)C. The second kappa shape index (κ2) is 4.68. The molecule has 0 bridgehead atoms. The lowest BCUT2D eigenvalue weighted by molar-refractivity contribution is -0.137. The first-order valence-corrected chi connectivity index (χ1v) is 5.97. The number of fused-ring (bicyclic) bond motifs is 1. The monoisotopic (exact) mass is 291 g/mol. The molecule has 0 spiro atoms. The van der Waals surface area contributed by atoms with E-state index < -0.39 is 11.7 Å². The van der Waals surface area contributed by atoms with E-state index >= 15 is 0 Å². The fraction of sp³-hybridized carbons (Fsp3) is 0.417. The van der Waals surface area contributed by atoms with E-state index in [1.807, 2.05) is 19.0 Å². The van der Waals surface area contributed by atoms with E-state index in [0.29, 0.717) is 23.6 Å². The minimum Gasteiger partial charge on any atom is -0.304 e. The van der Waals surface area contributed by atoms with E-state index in [9.17, 15) is 13.2 Å². The summed E-state index contributed by atoms with van der Waals surface area (Å²) in [6.45, 7) is 2.25. The van der Waals surface area contributed by atoms with Crippen molar-refractivity contribution in [3.05, 3.63) is 34.2 Å². The Bertz CT molecular complexity index is 617. The molecule has 104 valence electrons. The van der Waals surface area contributed by atoms with Crippen LogP contribution in [0.5, 0.6) is 0 Å². The standard InChI is InChI=1S/C12H13ClF3N3/c1-7-10(6-18(2)3)19-5-8(12(14,15)16)4-9(13)11(19)17-7/h4-5H,6H2,1-3H3. The Balaban J connectivity index is 2.70. The maximum Gasteiger partial charge on any atom is 0.417 e. The van der Waals surface area contributed by atoms with Gasteiger partial charge in [-0.05, 0) is 27.1 Å². The Labute approximate surface area is 113 Å². The van der Waals surface area contributed by atoms with E-state index in [1.165, 1.54) is 4.40 Å². The number of pyridine rings is 1. The van der Waals surface area contributed by atoms with Gasteiger partial charge >= 0.3 is 6.18 Å². The van der Waals surface area contributed by atoms with Crippen LogP contribution in [0, 0.1) is 6.92 Å². The normalized spacial score (nSPS) is 12.6. The second-order valence-corrected chi connectivity index (χ2v) is 5.06. The number of aryl methyl sites for hydroxylation is 1. The lowest BCUT2D eigenvalue weighted by atomic mass is 10.2. The molecule has 2 aromatic heterocycles. The van der Waals surface area contributed by atoms with Gasteiger partial charge < -0.3 is 9.30 Å². The van der Waals surface area contributed by atoms with E-state index in [0.717, 1.165) is 12.3 Å². The molecule has 0 N–H and O–H groups in total. The molecular formula is C12H13ClF3N3. The highest BCUT2D eigenvalue weighted by Gasteiger charge is 2.32. The van der Waals surface area contributed by atoms with Gasteiger partial charge in [0.15, 0.2) is 5.65 Å². The van der Waals surface area contributed by atoms with Gasteiger partial charge in [-0.2, -0.15) is 13.2 Å². The van der Waals surface area contributed by atoms with Gasteiger partial charge in [0.1, 0.15) is 0 Å². The Hall–Kier alpha value is -1.27. The van der Waals surface area contributed by atoms with Gasteiger partial charge in [0.05, 0.1) is 22.0 Å². The average molecular weight is 292 g/mol. The largest absolute Gasteiger partial charge is 0.417 e. The lowest BCUT2D eigenvalue weighted by Crippen LogP contribution is -2.14. The second-order valence-electron chi connectivity index (χ2n) is 4.65. The zero-order valence-corrected chi connectivity index (χ0v) is 11.5. The smallest absolute Gasteiger partial charge is 0.304 e. The van der Waals surface area contributed by atoms with E-state index in [4.69, 9.17) is 11.6 Å². The van der Waals surface area contributed by atoms with Crippen LogP contribution in [0.4, 0.5) is 13.2 Å². The Morgan fingerprint density at radius 3 is 2.53 bits per heavy atom. The van der Waals surface area contributed by atoms with E-state index in [-0.39, 0.29) is 5.02 Å². The van der Waals surface area contributed by atoms with Gasteiger partial charge in [0.25, 0.3) is 0 Å². The van der Waals surface area contributed by atoms with Crippen molar-refractivity contribution in [3.63, 3.8) is 0 Å². The van der Waals surface area contributed by atoms with Gasteiger partial charge in [0, 0.05) is 12.7 Å². The van der Waals surface area contributed by atoms with Crippen LogP contribution in [-0.4, -0.2) is 28.4 Å². The van der Waals surface area contributed by atoms with Crippen LogP contribution >= 0.6 is 11.6 Å². The summed E-state index contributed by atoms with van der Waals surface area (Å²) in [5.41, 5.74) is 0.953. The molecule has 0 aliphatic carbocycles. The van der Waals surface area contributed by atoms with Crippen LogP contribution in [0.15, 0.2) is 12.3 Å². The predicted octanol–water partition coefficient (Wildman–Crippen LogP) is 3.38. The molecule has 2 aromatic rings. The molecule has 2 rings (SSSR count). The third-order valence-electron chi connectivity index (χ3n) is 2.77. The van der Waals surface area contributed by atoms with Crippen molar-refractivity contribution in [2.75, 3.05) is 14.1 Å². The quantitative estimate of drug-likeness (QED) is 0.845. The molecule has 7 heteroatoms. The minimum atomic E-state index is -4.43. The summed E-state index contributed by atoms with van der Waals surface area (Å²) in [5.74, 6) is 0. The zero-order chi connectivity index (χ0) is 14.4. The fourth-order valence-electron chi connectivity index (χ4n) is 1.91. The van der Waals surface area contributed by atoms with E-state index in [2.05, 4.69) is 4.98 Å². The Morgan fingerprint density at radius 2 is 2.00 bits per heavy atom. The molecule has 0 saturated heterocycles. The van der Waals surface area contributed by atoms with Gasteiger partial charge in [0.2, 0.25) is 0 Å². The van der Waals surface area contributed by atoms with Gasteiger partial charge in [-0.3, -0.25) is 0 Å². The molecule has 19 heavy (non-hydrogen) atoms. The predicted molar refractivity (Wildman–Crippen MR) is 67.3 cm³/mol. The summed E-state index contributed by atoms with van der Waals surface area (Å²) in [6.07, 6.45) is -3.38. The number of imidazole rings is 1. The summed E-state index contributed by atoms with van der Waals surface area (Å²) in [5, 5.41) is 0.00271. The number of nitrogens with zero attached hydrogens (tertiary/aromatic N) is 3. The topological polar surface area (TPSA) is 20.5 Å². The summed E-state index contributed by atoms with van der Waals surface area (Å²) in [4.78, 5) is 6.09. The van der Waals surface area contributed by atoms with Crippen LogP contribution in [0.1, 0.15) is 17.0 Å².